The van der Waals surface area contributed by atoms with Crippen LogP contribution < -0.4 is 4.90 Å². The third kappa shape index (κ3) is 7.43. The van der Waals surface area contributed by atoms with E-state index in [2.05, 4.69) is 4.74 Å². The van der Waals surface area contributed by atoms with Gasteiger partial charge in [-0.15, -0.1) is 0 Å². The molecule has 2 aromatic carbocycles. The number of carbonyl (C=O) groups excluding carboxylic acids is 4. The standard InChI is InChI=1S/C23H23NO7/c1-3-30-22(27)15-24(19-7-5-4-6-8-19)20(25)16-31-21(26)14-11-17-9-12-18(13-10-17)23(28)29-2/h4-14H,3,15-16H2,1-2H3/b14-11+. The van der Waals surface area contributed by atoms with E-state index in [0.717, 1.165) is 0 Å². The summed E-state index contributed by atoms with van der Waals surface area (Å²) in [6.45, 7) is 1.02. The minimum Gasteiger partial charge on any atom is -0.465 e. The van der Waals surface area contributed by atoms with Crippen molar-refractivity contribution in [2.45, 2.75) is 6.92 Å². The van der Waals surface area contributed by atoms with Gasteiger partial charge in [0.2, 0.25) is 0 Å². The van der Waals surface area contributed by atoms with Crippen LogP contribution in [-0.4, -0.2) is 50.7 Å². The number of anilines is 1. The Hall–Kier alpha value is -3.94. The summed E-state index contributed by atoms with van der Waals surface area (Å²) in [7, 11) is 1.29. The minimum absolute atomic E-state index is 0.191. The highest BCUT2D eigenvalue weighted by molar-refractivity contribution is 5.99. The number of hydrogen-bond donors (Lipinski definition) is 0. The number of methoxy groups -OCH3 is 1. The molecule has 0 N–H and O–H groups in total. The van der Waals surface area contributed by atoms with Gasteiger partial charge in [0.15, 0.2) is 6.61 Å². The Morgan fingerprint density at radius 1 is 0.935 bits per heavy atom. The molecule has 0 aliphatic carbocycles. The van der Waals surface area contributed by atoms with Gasteiger partial charge < -0.3 is 14.2 Å². The van der Waals surface area contributed by atoms with E-state index < -0.39 is 30.4 Å². The highest BCUT2D eigenvalue weighted by Crippen LogP contribution is 2.14. The summed E-state index contributed by atoms with van der Waals surface area (Å²) >= 11 is 0. The Balaban J connectivity index is 1.96. The zero-order chi connectivity index (χ0) is 22.6. The molecular weight excluding hydrogens is 402 g/mol. The quantitative estimate of drug-likeness (QED) is 0.346. The number of nitrogens with zero attached hydrogens (tertiary/aromatic N) is 1. The molecule has 0 heterocycles. The Labute approximate surface area is 180 Å². The van der Waals surface area contributed by atoms with Crippen molar-refractivity contribution in [2.24, 2.45) is 0 Å². The molecular formula is C23H23NO7. The maximum absolute atomic E-state index is 12.6. The van der Waals surface area contributed by atoms with Crippen molar-refractivity contribution in [1.29, 1.82) is 0 Å². The van der Waals surface area contributed by atoms with Crippen molar-refractivity contribution in [1.82, 2.24) is 0 Å². The summed E-state index contributed by atoms with van der Waals surface area (Å²) in [5.74, 6) is -2.32. The normalized spacial score (nSPS) is 10.4. The first kappa shape index (κ1) is 23.3. The van der Waals surface area contributed by atoms with Gasteiger partial charge in [0.25, 0.3) is 5.91 Å². The predicted octanol–water partition coefficient (Wildman–Crippen LogP) is 2.63. The fraction of sp³-hybridized carbons (Fsp3) is 0.217. The lowest BCUT2D eigenvalue weighted by Crippen LogP contribution is -2.39. The molecule has 2 aromatic rings. The van der Waals surface area contributed by atoms with Crippen molar-refractivity contribution >= 4 is 35.6 Å². The van der Waals surface area contributed by atoms with Gasteiger partial charge in [0.1, 0.15) is 6.54 Å². The Kier molecular flexibility index (Phi) is 8.97. The van der Waals surface area contributed by atoms with Gasteiger partial charge >= 0.3 is 17.9 Å². The van der Waals surface area contributed by atoms with Gasteiger partial charge in [-0.2, -0.15) is 0 Å². The van der Waals surface area contributed by atoms with Crippen LogP contribution in [0, 0.1) is 0 Å². The van der Waals surface area contributed by atoms with E-state index in [1.54, 1.807) is 61.5 Å². The first-order valence-corrected chi connectivity index (χ1v) is 9.48. The van der Waals surface area contributed by atoms with Crippen molar-refractivity contribution in [3.8, 4) is 0 Å². The van der Waals surface area contributed by atoms with Gasteiger partial charge in [0.05, 0.1) is 19.3 Å². The number of hydrogen-bond acceptors (Lipinski definition) is 7. The lowest BCUT2D eigenvalue weighted by molar-refractivity contribution is -0.144. The number of amides is 1. The molecule has 0 unspecified atom stereocenters. The summed E-state index contributed by atoms with van der Waals surface area (Å²) in [5.41, 5.74) is 1.53. The van der Waals surface area contributed by atoms with Crippen LogP contribution in [0.5, 0.6) is 0 Å². The van der Waals surface area contributed by atoms with Crippen molar-refractivity contribution in [2.75, 3.05) is 31.8 Å². The molecule has 0 bridgehead atoms. The zero-order valence-corrected chi connectivity index (χ0v) is 17.3. The second kappa shape index (κ2) is 11.9. The van der Waals surface area contributed by atoms with E-state index in [4.69, 9.17) is 9.47 Å². The highest BCUT2D eigenvalue weighted by Gasteiger charge is 2.20. The lowest BCUT2D eigenvalue weighted by atomic mass is 10.1. The van der Waals surface area contributed by atoms with Crippen molar-refractivity contribution in [3.05, 3.63) is 71.8 Å². The molecule has 0 aliphatic rings. The number of benzene rings is 2. The van der Waals surface area contributed by atoms with Crippen LogP contribution in [-0.2, 0) is 28.6 Å². The molecule has 0 atom stereocenters. The predicted molar refractivity (Wildman–Crippen MR) is 113 cm³/mol. The molecule has 0 aliphatic heterocycles. The van der Waals surface area contributed by atoms with Crippen LogP contribution in [0.2, 0.25) is 0 Å². The molecule has 8 heteroatoms. The van der Waals surface area contributed by atoms with Gasteiger partial charge in [-0.3, -0.25) is 14.5 Å². The first-order valence-electron chi connectivity index (χ1n) is 9.48. The van der Waals surface area contributed by atoms with Gasteiger partial charge in [0, 0.05) is 11.8 Å². The Bertz CT molecular complexity index is 936. The van der Waals surface area contributed by atoms with Gasteiger partial charge in [-0.05, 0) is 42.8 Å². The third-order valence-corrected chi connectivity index (χ3v) is 4.04. The zero-order valence-electron chi connectivity index (χ0n) is 17.3. The summed E-state index contributed by atoms with van der Waals surface area (Å²) in [5, 5.41) is 0. The molecule has 0 fully saturated rings. The summed E-state index contributed by atoms with van der Waals surface area (Å²) in [6.07, 6.45) is 2.65. The fourth-order valence-electron chi connectivity index (χ4n) is 2.54. The molecule has 0 spiro atoms. The number of ether oxygens (including phenoxy) is 3. The van der Waals surface area contributed by atoms with Crippen LogP contribution in [0.3, 0.4) is 0 Å². The summed E-state index contributed by atoms with van der Waals surface area (Å²) in [4.78, 5) is 49.0. The number of carbonyl (C=O) groups is 4. The molecule has 1 amide bonds. The average molecular weight is 425 g/mol. The molecule has 162 valence electrons. The smallest absolute Gasteiger partial charge is 0.337 e. The molecule has 2 rings (SSSR count). The third-order valence-electron chi connectivity index (χ3n) is 4.04. The van der Waals surface area contributed by atoms with Crippen LogP contribution in [0.25, 0.3) is 6.08 Å². The SMILES string of the molecule is CCOC(=O)CN(C(=O)COC(=O)/C=C/c1ccc(C(=O)OC)cc1)c1ccccc1. The molecule has 8 nitrogen and oxygen atoms in total. The number of esters is 3. The van der Waals surface area contributed by atoms with Crippen LogP contribution in [0.1, 0.15) is 22.8 Å². The molecule has 0 aromatic heterocycles. The topological polar surface area (TPSA) is 99.2 Å². The van der Waals surface area contributed by atoms with E-state index in [1.807, 2.05) is 0 Å². The van der Waals surface area contributed by atoms with Crippen LogP contribution in [0.15, 0.2) is 60.7 Å². The maximum atomic E-state index is 12.6. The van der Waals surface area contributed by atoms with Crippen LogP contribution in [0.4, 0.5) is 5.69 Å². The number of rotatable bonds is 9. The van der Waals surface area contributed by atoms with E-state index in [0.29, 0.717) is 16.8 Å². The Morgan fingerprint density at radius 3 is 2.23 bits per heavy atom. The van der Waals surface area contributed by atoms with E-state index in [9.17, 15) is 19.2 Å². The molecule has 0 saturated heterocycles. The lowest BCUT2D eigenvalue weighted by Gasteiger charge is -2.21. The fourth-order valence-corrected chi connectivity index (χ4v) is 2.54. The summed E-state index contributed by atoms with van der Waals surface area (Å²) < 4.78 is 14.5. The van der Waals surface area contributed by atoms with Crippen LogP contribution >= 0.6 is 0 Å². The summed E-state index contributed by atoms with van der Waals surface area (Å²) in [6, 6.07) is 14.9. The first-order chi connectivity index (χ1) is 14.9. The second-order valence-electron chi connectivity index (χ2n) is 6.18. The maximum Gasteiger partial charge on any atom is 0.337 e. The van der Waals surface area contributed by atoms with Gasteiger partial charge in [-0.25, -0.2) is 9.59 Å². The molecule has 0 radical (unpaired) electrons. The average Bonchev–Trinajstić information content (AvgIpc) is 2.80. The number of para-hydroxylation sites is 1. The van der Waals surface area contributed by atoms with E-state index in [-0.39, 0.29) is 13.2 Å². The minimum atomic E-state index is -0.727. The highest BCUT2D eigenvalue weighted by atomic mass is 16.5. The van der Waals surface area contributed by atoms with Crippen molar-refractivity contribution < 1.29 is 33.4 Å². The molecule has 31 heavy (non-hydrogen) atoms. The Morgan fingerprint density at radius 2 is 1.61 bits per heavy atom. The van der Waals surface area contributed by atoms with Crippen molar-refractivity contribution in [3.63, 3.8) is 0 Å². The molecule has 0 saturated carbocycles. The second-order valence-corrected chi connectivity index (χ2v) is 6.18. The largest absolute Gasteiger partial charge is 0.465 e. The monoisotopic (exact) mass is 425 g/mol. The van der Waals surface area contributed by atoms with Gasteiger partial charge in [-0.1, -0.05) is 30.3 Å². The van der Waals surface area contributed by atoms with E-state index >= 15 is 0 Å². The van der Waals surface area contributed by atoms with E-state index in [1.165, 1.54) is 24.2 Å².